The lowest BCUT2D eigenvalue weighted by molar-refractivity contribution is -0.140. The number of guanidine groups is 1. The molecule has 0 amide bonds. The van der Waals surface area contributed by atoms with Gasteiger partial charge < -0.3 is 10.6 Å². The van der Waals surface area contributed by atoms with Gasteiger partial charge in [0.15, 0.2) is 11.7 Å². The van der Waals surface area contributed by atoms with Gasteiger partial charge in [-0.3, -0.25) is 0 Å². The highest BCUT2D eigenvalue weighted by molar-refractivity contribution is 14.0. The third-order valence-corrected chi connectivity index (χ3v) is 4.11. The maximum Gasteiger partial charge on any atom is 0.434 e. The van der Waals surface area contributed by atoms with Gasteiger partial charge in [0.25, 0.3) is 0 Å². The van der Waals surface area contributed by atoms with Crippen LogP contribution in [0, 0.1) is 5.92 Å². The molecule has 0 spiro atoms. The molecule has 1 heterocycles. The minimum absolute atomic E-state index is 0. The molecule has 2 N–H and O–H groups in total. The average Bonchev–Trinajstić information content (AvgIpc) is 2.94. The van der Waals surface area contributed by atoms with Crippen molar-refractivity contribution >= 4 is 41.3 Å². The molecule has 0 aliphatic heterocycles. The number of aromatic nitrogens is 1. The van der Waals surface area contributed by atoms with E-state index in [-0.39, 0.29) is 30.5 Å². The predicted octanol–water partition coefficient (Wildman–Crippen LogP) is 4.27. The first-order valence-corrected chi connectivity index (χ1v) is 8.32. The smallest absolute Gasteiger partial charge is 0.357 e. The lowest BCUT2D eigenvalue weighted by Gasteiger charge is -2.16. The van der Waals surface area contributed by atoms with Crippen molar-refractivity contribution in [1.29, 1.82) is 0 Å². The molecule has 0 saturated heterocycles. The highest BCUT2D eigenvalue weighted by atomic mass is 127. The Kier molecular flexibility index (Phi) is 10.8. The zero-order chi connectivity index (χ0) is 16.6. The van der Waals surface area contributed by atoms with Crippen LogP contribution in [0.15, 0.2) is 10.4 Å². The summed E-state index contributed by atoms with van der Waals surface area (Å²) in [5.41, 5.74) is -0.849. The molecule has 9 heteroatoms. The summed E-state index contributed by atoms with van der Waals surface area (Å²) in [4.78, 5) is 7.87. The number of nitrogens with zero attached hydrogens (tertiary/aromatic N) is 2. The number of thiazole rings is 1. The van der Waals surface area contributed by atoms with Gasteiger partial charge in [-0.1, -0.05) is 26.7 Å². The summed E-state index contributed by atoms with van der Waals surface area (Å²) in [5.74, 6) is 1.17. The van der Waals surface area contributed by atoms with E-state index in [4.69, 9.17) is 0 Å². The monoisotopic (exact) mass is 464 g/mol. The van der Waals surface area contributed by atoms with Crippen LogP contribution in [-0.2, 0) is 12.7 Å². The first kappa shape index (κ1) is 22.4. The minimum atomic E-state index is -4.39. The van der Waals surface area contributed by atoms with Crippen LogP contribution < -0.4 is 10.6 Å². The summed E-state index contributed by atoms with van der Waals surface area (Å²) < 4.78 is 37.5. The second-order valence-corrected chi connectivity index (χ2v) is 5.83. The quantitative estimate of drug-likeness (QED) is 0.360. The van der Waals surface area contributed by atoms with Crippen LogP contribution in [0.25, 0.3) is 0 Å². The fourth-order valence-corrected chi connectivity index (χ4v) is 2.54. The van der Waals surface area contributed by atoms with Gasteiger partial charge in [-0.25, -0.2) is 9.98 Å². The van der Waals surface area contributed by atoms with E-state index in [1.807, 2.05) is 6.92 Å². The molecule has 134 valence electrons. The number of aliphatic imine (C=N–C) groups is 1. The van der Waals surface area contributed by atoms with Crippen molar-refractivity contribution in [2.45, 2.75) is 46.3 Å². The van der Waals surface area contributed by atoms with Gasteiger partial charge in [0, 0.05) is 18.5 Å². The third-order valence-electron chi connectivity index (χ3n) is 3.27. The average molecular weight is 464 g/mol. The van der Waals surface area contributed by atoms with Crippen molar-refractivity contribution in [2.75, 3.05) is 13.1 Å². The van der Waals surface area contributed by atoms with E-state index in [1.165, 1.54) is 0 Å². The maximum absolute atomic E-state index is 12.5. The van der Waals surface area contributed by atoms with Crippen molar-refractivity contribution in [3.8, 4) is 0 Å². The van der Waals surface area contributed by atoms with Crippen LogP contribution in [0.2, 0.25) is 0 Å². The van der Waals surface area contributed by atoms with Crippen molar-refractivity contribution in [3.63, 3.8) is 0 Å². The normalized spacial score (nSPS) is 12.2. The zero-order valence-electron chi connectivity index (χ0n) is 13.5. The summed E-state index contributed by atoms with van der Waals surface area (Å²) >= 11 is 0.976. The lowest BCUT2D eigenvalue weighted by atomic mass is 10.0. The largest absolute Gasteiger partial charge is 0.434 e. The second-order valence-electron chi connectivity index (χ2n) is 4.88. The van der Waals surface area contributed by atoms with Gasteiger partial charge in [-0.05, 0) is 12.8 Å². The first-order valence-electron chi connectivity index (χ1n) is 7.44. The van der Waals surface area contributed by atoms with E-state index in [2.05, 4.69) is 34.5 Å². The Morgan fingerprint density at radius 2 is 1.91 bits per heavy atom. The fourth-order valence-electron chi connectivity index (χ4n) is 1.82. The van der Waals surface area contributed by atoms with Gasteiger partial charge >= 0.3 is 6.18 Å². The molecule has 0 saturated carbocycles. The van der Waals surface area contributed by atoms with Gasteiger partial charge in [-0.15, -0.1) is 35.3 Å². The van der Waals surface area contributed by atoms with Gasteiger partial charge in [0.05, 0.1) is 6.54 Å². The molecule has 0 fully saturated rings. The highest BCUT2D eigenvalue weighted by Gasteiger charge is 2.33. The Labute approximate surface area is 156 Å². The first-order chi connectivity index (χ1) is 10.4. The van der Waals surface area contributed by atoms with E-state index in [0.717, 1.165) is 36.1 Å². The molecule has 1 aromatic rings. The topological polar surface area (TPSA) is 49.3 Å². The maximum atomic E-state index is 12.5. The molecule has 0 aliphatic rings. The lowest BCUT2D eigenvalue weighted by Crippen LogP contribution is -2.39. The SMILES string of the molecule is CCNC(=NCc1nc(C(F)(F)F)cs1)NCC(CC)CC.I. The molecule has 0 bridgehead atoms. The number of halogens is 4. The van der Waals surface area contributed by atoms with Gasteiger partial charge in [0.1, 0.15) is 5.01 Å². The van der Waals surface area contributed by atoms with E-state index < -0.39 is 11.9 Å². The number of rotatable bonds is 7. The predicted molar refractivity (Wildman–Crippen MR) is 99.4 cm³/mol. The Bertz CT molecular complexity index is 473. The molecular formula is C14H24F3IN4S. The molecule has 1 rings (SSSR count). The number of nitrogens with one attached hydrogen (secondary N) is 2. The van der Waals surface area contributed by atoms with E-state index >= 15 is 0 Å². The third kappa shape index (κ3) is 8.18. The summed E-state index contributed by atoms with van der Waals surface area (Å²) in [6.07, 6.45) is -2.24. The molecular weight excluding hydrogens is 440 g/mol. The van der Waals surface area contributed by atoms with Crippen molar-refractivity contribution in [3.05, 3.63) is 16.1 Å². The summed E-state index contributed by atoms with van der Waals surface area (Å²) in [6.45, 7) is 7.84. The number of hydrogen-bond donors (Lipinski definition) is 2. The molecule has 1 aromatic heterocycles. The van der Waals surface area contributed by atoms with Gasteiger partial charge in [-0.2, -0.15) is 13.2 Å². The molecule has 0 atom stereocenters. The Balaban J connectivity index is 0.00000484. The Hall–Kier alpha value is -0.580. The van der Waals surface area contributed by atoms with Crippen molar-refractivity contribution < 1.29 is 13.2 Å². The van der Waals surface area contributed by atoms with E-state index in [1.54, 1.807) is 0 Å². The van der Waals surface area contributed by atoms with Crippen LogP contribution in [-0.4, -0.2) is 24.0 Å². The molecule has 0 unspecified atom stereocenters. The van der Waals surface area contributed by atoms with Crippen LogP contribution in [0.1, 0.15) is 44.3 Å². The summed E-state index contributed by atoms with van der Waals surface area (Å²) in [5, 5.41) is 7.69. The molecule has 0 radical (unpaired) electrons. The van der Waals surface area contributed by atoms with Crippen LogP contribution in [0.5, 0.6) is 0 Å². The Morgan fingerprint density at radius 1 is 1.26 bits per heavy atom. The molecule has 4 nitrogen and oxygen atoms in total. The Morgan fingerprint density at radius 3 is 2.39 bits per heavy atom. The highest BCUT2D eigenvalue weighted by Crippen LogP contribution is 2.30. The van der Waals surface area contributed by atoms with Crippen LogP contribution in [0.4, 0.5) is 13.2 Å². The molecule has 0 aliphatic carbocycles. The second kappa shape index (κ2) is 11.1. The fraction of sp³-hybridized carbons (Fsp3) is 0.714. The van der Waals surface area contributed by atoms with Crippen molar-refractivity contribution in [2.24, 2.45) is 10.9 Å². The molecule has 23 heavy (non-hydrogen) atoms. The minimum Gasteiger partial charge on any atom is -0.357 e. The van der Waals surface area contributed by atoms with Crippen LogP contribution in [0.3, 0.4) is 0 Å². The van der Waals surface area contributed by atoms with Crippen LogP contribution >= 0.6 is 35.3 Å². The summed E-state index contributed by atoms with van der Waals surface area (Å²) in [7, 11) is 0. The van der Waals surface area contributed by atoms with Crippen molar-refractivity contribution in [1.82, 2.24) is 15.6 Å². The molecule has 0 aromatic carbocycles. The van der Waals surface area contributed by atoms with E-state index in [9.17, 15) is 13.2 Å². The summed E-state index contributed by atoms with van der Waals surface area (Å²) in [6, 6.07) is 0. The standard InChI is InChI=1S/C14H23F3N4S.HI/c1-4-10(5-2)7-19-13(18-6-3)20-8-12-21-11(9-22-12)14(15,16)17;/h9-10H,4-8H2,1-3H3,(H2,18,19,20);1H. The number of alkyl halides is 3. The van der Waals surface area contributed by atoms with Gasteiger partial charge in [0.2, 0.25) is 0 Å². The number of hydrogen-bond acceptors (Lipinski definition) is 3. The zero-order valence-corrected chi connectivity index (χ0v) is 16.7. The van der Waals surface area contributed by atoms with E-state index in [0.29, 0.717) is 23.4 Å².